The highest BCUT2D eigenvalue weighted by Crippen LogP contribution is 2.27. The van der Waals surface area contributed by atoms with Gasteiger partial charge in [0.2, 0.25) is 0 Å². The fourth-order valence-corrected chi connectivity index (χ4v) is 1.69. The molecule has 0 aromatic heterocycles. The van der Waals surface area contributed by atoms with Crippen molar-refractivity contribution >= 4 is 17.1 Å². The monoisotopic (exact) mass is 282 g/mol. The summed E-state index contributed by atoms with van der Waals surface area (Å²) in [4.78, 5) is 0. The number of nitrogens with one attached hydrogen (secondary N) is 1. The summed E-state index contributed by atoms with van der Waals surface area (Å²) in [5, 5.41) is 3.03. The van der Waals surface area contributed by atoms with Crippen molar-refractivity contribution in [2.45, 2.75) is 13.3 Å². The molecule has 0 saturated carbocycles. The van der Waals surface area contributed by atoms with E-state index < -0.39 is 6.36 Å². The Labute approximate surface area is 114 Å². The maximum Gasteiger partial charge on any atom is 0.573 e. The third kappa shape index (κ3) is 3.81. The van der Waals surface area contributed by atoms with Gasteiger partial charge in [0.15, 0.2) is 0 Å². The molecule has 0 aliphatic heterocycles. The van der Waals surface area contributed by atoms with Crippen LogP contribution in [0.1, 0.15) is 5.56 Å². The van der Waals surface area contributed by atoms with Crippen LogP contribution >= 0.6 is 0 Å². The molecule has 0 saturated heterocycles. The molecule has 0 unspecified atom stereocenters. The van der Waals surface area contributed by atoms with Gasteiger partial charge in [-0.2, -0.15) is 0 Å². The van der Waals surface area contributed by atoms with Crippen LogP contribution < -0.4 is 15.8 Å². The highest BCUT2D eigenvalue weighted by atomic mass is 19.4. The minimum atomic E-state index is -4.68. The molecule has 106 valence electrons. The molecule has 0 fully saturated rings. The van der Waals surface area contributed by atoms with E-state index in [0.29, 0.717) is 17.1 Å². The quantitative estimate of drug-likeness (QED) is 0.829. The summed E-state index contributed by atoms with van der Waals surface area (Å²) in [6.07, 6.45) is -4.68. The molecule has 0 aliphatic carbocycles. The van der Waals surface area contributed by atoms with E-state index in [4.69, 9.17) is 5.73 Å². The van der Waals surface area contributed by atoms with Gasteiger partial charge in [0.1, 0.15) is 5.75 Å². The Morgan fingerprint density at radius 1 is 1.05 bits per heavy atom. The fraction of sp³-hybridized carbons (Fsp3) is 0.143. The van der Waals surface area contributed by atoms with Gasteiger partial charge in [-0.25, -0.2) is 0 Å². The van der Waals surface area contributed by atoms with Gasteiger partial charge < -0.3 is 15.8 Å². The summed E-state index contributed by atoms with van der Waals surface area (Å²) >= 11 is 0. The third-order valence-electron chi connectivity index (χ3n) is 2.57. The van der Waals surface area contributed by atoms with Crippen molar-refractivity contribution in [3.05, 3.63) is 48.0 Å². The number of rotatable bonds is 3. The Morgan fingerprint density at radius 2 is 1.70 bits per heavy atom. The number of ether oxygens (including phenoxy) is 1. The summed E-state index contributed by atoms with van der Waals surface area (Å²) in [7, 11) is 0. The molecular weight excluding hydrogens is 269 g/mol. The molecule has 0 bridgehead atoms. The molecule has 6 heteroatoms. The SMILES string of the molecule is Cc1ccc(Nc2ccc(OC(F)(F)F)cc2)c(N)c1. The smallest absolute Gasteiger partial charge is 0.406 e. The highest BCUT2D eigenvalue weighted by molar-refractivity contribution is 5.73. The van der Waals surface area contributed by atoms with Gasteiger partial charge in [0.05, 0.1) is 11.4 Å². The zero-order chi connectivity index (χ0) is 14.8. The first-order valence-electron chi connectivity index (χ1n) is 5.82. The number of nitrogen functional groups attached to an aromatic ring is 1. The van der Waals surface area contributed by atoms with E-state index in [1.807, 2.05) is 25.1 Å². The van der Waals surface area contributed by atoms with Crippen LogP contribution in [0.3, 0.4) is 0 Å². The second-order valence-corrected chi connectivity index (χ2v) is 4.29. The molecule has 2 aromatic carbocycles. The van der Waals surface area contributed by atoms with Crippen LogP contribution in [0.2, 0.25) is 0 Å². The number of halogens is 3. The van der Waals surface area contributed by atoms with Crippen molar-refractivity contribution in [3.63, 3.8) is 0 Å². The largest absolute Gasteiger partial charge is 0.573 e. The van der Waals surface area contributed by atoms with Crippen molar-refractivity contribution in [1.29, 1.82) is 0 Å². The molecular formula is C14H13F3N2O. The topological polar surface area (TPSA) is 47.3 Å². The average Bonchev–Trinajstić information content (AvgIpc) is 2.33. The van der Waals surface area contributed by atoms with E-state index in [1.165, 1.54) is 24.3 Å². The van der Waals surface area contributed by atoms with Crippen molar-refractivity contribution < 1.29 is 17.9 Å². The number of aryl methyl sites for hydroxylation is 1. The normalized spacial score (nSPS) is 11.2. The van der Waals surface area contributed by atoms with Gasteiger partial charge in [-0.3, -0.25) is 0 Å². The Kier molecular flexibility index (Phi) is 3.74. The molecule has 3 nitrogen and oxygen atoms in total. The number of hydrogen-bond donors (Lipinski definition) is 2. The van der Waals surface area contributed by atoms with Crippen molar-refractivity contribution in [2.24, 2.45) is 0 Å². The van der Waals surface area contributed by atoms with Crippen LogP contribution in [0.15, 0.2) is 42.5 Å². The molecule has 2 rings (SSSR count). The molecule has 0 spiro atoms. The number of anilines is 3. The Hall–Kier alpha value is -2.37. The number of hydrogen-bond acceptors (Lipinski definition) is 3. The lowest BCUT2D eigenvalue weighted by Gasteiger charge is -2.12. The molecule has 20 heavy (non-hydrogen) atoms. The van der Waals surface area contributed by atoms with Crippen LogP contribution in [-0.4, -0.2) is 6.36 Å². The highest BCUT2D eigenvalue weighted by Gasteiger charge is 2.30. The third-order valence-corrected chi connectivity index (χ3v) is 2.57. The first-order valence-corrected chi connectivity index (χ1v) is 5.82. The van der Waals surface area contributed by atoms with Crippen molar-refractivity contribution in [3.8, 4) is 5.75 Å². The van der Waals surface area contributed by atoms with Crippen LogP contribution in [0.4, 0.5) is 30.2 Å². The molecule has 3 N–H and O–H groups in total. The first-order chi connectivity index (χ1) is 9.33. The molecule has 0 radical (unpaired) electrons. The van der Waals surface area contributed by atoms with Crippen LogP contribution in [0.5, 0.6) is 5.75 Å². The minimum Gasteiger partial charge on any atom is -0.406 e. The number of alkyl halides is 3. The zero-order valence-electron chi connectivity index (χ0n) is 10.7. The van der Waals surface area contributed by atoms with E-state index in [0.717, 1.165) is 5.56 Å². The van der Waals surface area contributed by atoms with Crippen LogP contribution in [0, 0.1) is 6.92 Å². The van der Waals surface area contributed by atoms with Crippen molar-refractivity contribution in [2.75, 3.05) is 11.1 Å². The van der Waals surface area contributed by atoms with Gasteiger partial charge in [-0.15, -0.1) is 13.2 Å². The van der Waals surface area contributed by atoms with Crippen LogP contribution in [0.25, 0.3) is 0 Å². The van der Waals surface area contributed by atoms with E-state index in [-0.39, 0.29) is 5.75 Å². The van der Waals surface area contributed by atoms with Crippen LogP contribution in [-0.2, 0) is 0 Å². The second kappa shape index (κ2) is 5.32. The maximum atomic E-state index is 12.0. The lowest BCUT2D eigenvalue weighted by atomic mass is 10.2. The number of nitrogens with two attached hydrogens (primary N) is 1. The number of benzene rings is 2. The average molecular weight is 282 g/mol. The zero-order valence-corrected chi connectivity index (χ0v) is 10.7. The molecule has 0 atom stereocenters. The van der Waals surface area contributed by atoms with E-state index in [9.17, 15) is 13.2 Å². The first kappa shape index (κ1) is 14.0. The van der Waals surface area contributed by atoms with Gasteiger partial charge in [0.25, 0.3) is 0 Å². The molecule has 2 aromatic rings. The van der Waals surface area contributed by atoms with Gasteiger partial charge in [0, 0.05) is 5.69 Å². The predicted octanol–water partition coefficient (Wildman–Crippen LogP) is 4.22. The molecule has 0 heterocycles. The summed E-state index contributed by atoms with van der Waals surface area (Å²) in [6, 6.07) is 11.0. The summed E-state index contributed by atoms with van der Waals surface area (Å²) in [5.41, 5.74) is 8.76. The Balaban J connectivity index is 2.11. The van der Waals surface area contributed by atoms with Gasteiger partial charge in [-0.1, -0.05) is 6.07 Å². The second-order valence-electron chi connectivity index (χ2n) is 4.29. The Bertz CT molecular complexity index is 594. The van der Waals surface area contributed by atoms with Crippen molar-refractivity contribution in [1.82, 2.24) is 0 Å². The fourth-order valence-electron chi connectivity index (χ4n) is 1.69. The van der Waals surface area contributed by atoms with Gasteiger partial charge >= 0.3 is 6.36 Å². The van der Waals surface area contributed by atoms with E-state index >= 15 is 0 Å². The molecule has 0 amide bonds. The summed E-state index contributed by atoms with van der Waals surface area (Å²) in [5.74, 6) is -0.264. The standard InChI is InChI=1S/C14H13F3N2O/c1-9-2-7-13(12(18)8-9)19-10-3-5-11(6-4-10)20-14(15,16)17/h2-8,19H,18H2,1H3. The lowest BCUT2D eigenvalue weighted by molar-refractivity contribution is -0.274. The maximum absolute atomic E-state index is 12.0. The summed E-state index contributed by atoms with van der Waals surface area (Å²) in [6.45, 7) is 1.92. The predicted molar refractivity (Wildman–Crippen MR) is 72.0 cm³/mol. The van der Waals surface area contributed by atoms with E-state index in [1.54, 1.807) is 0 Å². The Morgan fingerprint density at radius 3 is 2.25 bits per heavy atom. The molecule has 0 aliphatic rings. The summed E-state index contributed by atoms with van der Waals surface area (Å²) < 4.78 is 39.9. The van der Waals surface area contributed by atoms with E-state index in [2.05, 4.69) is 10.1 Å². The van der Waals surface area contributed by atoms with Gasteiger partial charge in [-0.05, 0) is 48.9 Å². The minimum absolute atomic E-state index is 0.264. The lowest BCUT2D eigenvalue weighted by Crippen LogP contribution is -2.16.